The molecule has 7 heteroatoms. The van der Waals surface area contributed by atoms with E-state index in [1.165, 1.54) is 25.1 Å². The monoisotopic (exact) mass is 424 g/mol. The Balaban J connectivity index is 1.48. The Kier molecular flexibility index (Phi) is 6.04. The molecule has 0 spiro atoms. The van der Waals surface area contributed by atoms with Crippen molar-refractivity contribution in [3.8, 4) is 11.5 Å². The highest BCUT2D eigenvalue weighted by molar-refractivity contribution is 5.94. The Hall–Kier alpha value is -3.19. The third-order valence-corrected chi connectivity index (χ3v) is 5.71. The van der Waals surface area contributed by atoms with Crippen molar-refractivity contribution >= 4 is 16.8 Å². The summed E-state index contributed by atoms with van der Waals surface area (Å²) in [5.74, 6) is 0.0585. The molecule has 4 rings (SSSR count). The minimum atomic E-state index is -0.373. The van der Waals surface area contributed by atoms with Gasteiger partial charge in [0.1, 0.15) is 5.82 Å². The number of ketones is 1. The van der Waals surface area contributed by atoms with Gasteiger partial charge in [0.25, 0.3) is 0 Å². The number of nitrogens with zero attached hydrogens (tertiary/aromatic N) is 2. The van der Waals surface area contributed by atoms with Crippen LogP contribution in [0.25, 0.3) is 11.0 Å². The normalized spacial score (nSPS) is 16.7. The van der Waals surface area contributed by atoms with Gasteiger partial charge in [-0.2, -0.15) is 0 Å². The summed E-state index contributed by atoms with van der Waals surface area (Å²) < 4.78 is 24.8. The number of ether oxygens (including phenoxy) is 1. The molecule has 1 aromatic heterocycles. The van der Waals surface area contributed by atoms with Gasteiger partial charge in [-0.25, -0.2) is 4.39 Å². The molecule has 0 amide bonds. The van der Waals surface area contributed by atoms with Crippen molar-refractivity contribution in [2.45, 2.75) is 38.8 Å². The number of aromatic nitrogens is 1. The third-order valence-electron chi connectivity index (χ3n) is 5.71. The highest BCUT2D eigenvalue weighted by atomic mass is 19.1. The largest absolute Gasteiger partial charge is 0.504 e. The lowest BCUT2D eigenvalue weighted by molar-refractivity contribution is 0.0403. The quantitative estimate of drug-likeness (QED) is 0.442. The maximum absolute atomic E-state index is 13.4. The molecule has 1 atom stereocenters. The molecular weight excluding hydrogens is 399 g/mol. The van der Waals surface area contributed by atoms with Crippen molar-refractivity contribution in [3.05, 3.63) is 65.6 Å². The second-order valence-electron chi connectivity index (χ2n) is 7.79. The summed E-state index contributed by atoms with van der Waals surface area (Å²) in [7, 11) is 0. The molecule has 0 radical (unpaired) electrons. The van der Waals surface area contributed by atoms with Crippen LogP contribution in [0.3, 0.4) is 0 Å². The van der Waals surface area contributed by atoms with Gasteiger partial charge in [0.2, 0.25) is 0 Å². The summed E-state index contributed by atoms with van der Waals surface area (Å²) in [4.78, 5) is 13.9. The van der Waals surface area contributed by atoms with Crippen molar-refractivity contribution in [2.24, 2.45) is 0 Å². The Labute approximate surface area is 179 Å². The number of carbonyl (C=O) groups excluding carboxylic acids is 1. The Bertz CT molecular complexity index is 1120. The van der Waals surface area contributed by atoms with Gasteiger partial charge in [0, 0.05) is 36.0 Å². The van der Waals surface area contributed by atoms with Crippen molar-refractivity contribution in [3.63, 3.8) is 0 Å². The molecule has 0 aliphatic carbocycles. The molecule has 2 aromatic carbocycles. The van der Waals surface area contributed by atoms with Gasteiger partial charge in [0.05, 0.1) is 5.69 Å². The number of allylic oxidation sites excluding steroid dienone is 1. The van der Waals surface area contributed by atoms with E-state index in [-0.39, 0.29) is 35.2 Å². The molecule has 1 N–H and O–H groups in total. The SMILES string of the molecule is C/C=C/C(Oc1cc(C(C)=O)ccc1O)N1CCC(c2noc3cc(F)ccc23)CC1. The zero-order chi connectivity index (χ0) is 22.0. The molecule has 6 nitrogen and oxygen atoms in total. The molecule has 2 heterocycles. The van der Waals surface area contributed by atoms with E-state index in [1.807, 2.05) is 19.1 Å². The van der Waals surface area contributed by atoms with Crippen LogP contribution >= 0.6 is 0 Å². The molecule has 3 aromatic rings. The number of rotatable bonds is 6. The summed E-state index contributed by atoms with van der Waals surface area (Å²) in [5.41, 5.74) is 1.82. The van der Waals surface area contributed by atoms with Crippen molar-refractivity contribution in [1.82, 2.24) is 10.1 Å². The number of aromatic hydroxyl groups is 1. The minimum Gasteiger partial charge on any atom is -0.504 e. The molecule has 1 aliphatic heterocycles. The van der Waals surface area contributed by atoms with Crippen LogP contribution in [0.15, 0.2) is 53.1 Å². The fraction of sp³-hybridized carbons (Fsp3) is 0.333. The van der Waals surface area contributed by atoms with Crippen LogP contribution in [0.2, 0.25) is 0 Å². The fourth-order valence-corrected chi connectivity index (χ4v) is 4.01. The number of fused-ring (bicyclic) bond motifs is 1. The van der Waals surface area contributed by atoms with Crippen molar-refractivity contribution < 1.29 is 23.6 Å². The number of piperidine rings is 1. The lowest BCUT2D eigenvalue weighted by Crippen LogP contribution is -2.43. The van der Waals surface area contributed by atoms with E-state index in [9.17, 15) is 14.3 Å². The number of carbonyl (C=O) groups is 1. The van der Waals surface area contributed by atoms with Gasteiger partial charge >= 0.3 is 0 Å². The van der Waals surface area contributed by atoms with Gasteiger partial charge in [-0.05, 0) is 63.1 Å². The molecule has 0 bridgehead atoms. The first-order chi connectivity index (χ1) is 15.0. The topological polar surface area (TPSA) is 75.8 Å². The number of likely N-dealkylation sites (tertiary alicyclic amines) is 1. The van der Waals surface area contributed by atoms with E-state index in [4.69, 9.17) is 9.26 Å². The smallest absolute Gasteiger partial charge is 0.172 e. The third kappa shape index (κ3) is 4.46. The average molecular weight is 424 g/mol. The zero-order valence-corrected chi connectivity index (χ0v) is 17.5. The first-order valence-electron chi connectivity index (χ1n) is 10.4. The van der Waals surface area contributed by atoms with Crippen LogP contribution in [-0.2, 0) is 0 Å². The summed E-state index contributed by atoms with van der Waals surface area (Å²) in [6.45, 7) is 4.90. The molecule has 162 valence electrons. The zero-order valence-electron chi connectivity index (χ0n) is 17.5. The summed E-state index contributed by atoms with van der Waals surface area (Å²) >= 11 is 0. The first kappa shape index (κ1) is 21.1. The molecule has 31 heavy (non-hydrogen) atoms. The van der Waals surface area contributed by atoms with Crippen molar-refractivity contribution in [2.75, 3.05) is 13.1 Å². The number of hydrogen-bond donors (Lipinski definition) is 1. The number of halogens is 1. The molecular formula is C24H25FN2O4. The summed E-state index contributed by atoms with van der Waals surface area (Å²) in [6.07, 6.45) is 5.14. The molecule has 0 saturated carbocycles. The fourth-order valence-electron chi connectivity index (χ4n) is 4.01. The van der Waals surface area contributed by atoms with Crippen LogP contribution in [0.1, 0.15) is 48.7 Å². The molecule has 1 aliphatic rings. The average Bonchev–Trinajstić information content (AvgIpc) is 3.17. The van der Waals surface area contributed by atoms with Gasteiger partial charge in [-0.15, -0.1) is 0 Å². The predicted molar refractivity (Wildman–Crippen MR) is 115 cm³/mol. The summed E-state index contributed by atoms with van der Waals surface area (Å²) in [6, 6.07) is 9.13. The lowest BCUT2D eigenvalue weighted by atomic mass is 9.91. The second-order valence-corrected chi connectivity index (χ2v) is 7.79. The number of Topliss-reactive ketones (excluding diaryl/α,β-unsaturated/α-hetero) is 1. The van der Waals surface area contributed by atoms with E-state index in [2.05, 4.69) is 10.1 Å². The van der Waals surface area contributed by atoms with Crippen LogP contribution < -0.4 is 4.74 Å². The lowest BCUT2D eigenvalue weighted by Gasteiger charge is -2.35. The maximum Gasteiger partial charge on any atom is 0.172 e. The first-order valence-corrected chi connectivity index (χ1v) is 10.4. The van der Waals surface area contributed by atoms with Crippen LogP contribution in [-0.4, -0.2) is 40.3 Å². The van der Waals surface area contributed by atoms with E-state index < -0.39 is 0 Å². The van der Waals surface area contributed by atoms with Crippen molar-refractivity contribution in [1.29, 1.82) is 0 Å². The van der Waals surface area contributed by atoms with Gasteiger partial charge in [0.15, 0.2) is 29.1 Å². The molecule has 1 saturated heterocycles. The van der Waals surface area contributed by atoms with Gasteiger partial charge in [-0.3, -0.25) is 9.69 Å². The highest BCUT2D eigenvalue weighted by Gasteiger charge is 2.29. The molecule has 1 fully saturated rings. The van der Waals surface area contributed by atoms with E-state index in [1.54, 1.807) is 18.2 Å². The number of phenolic OH excluding ortho intramolecular Hbond substituents is 1. The Morgan fingerprint density at radius 2 is 2.06 bits per heavy atom. The van der Waals surface area contributed by atoms with E-state index in [0.29, 0.717) is 11.1 Å². The van der Waals surface area contributed by atoms with Gasteiger partial charge in [-0.1, -0.05) is 11.2 Å². The van der Waals surface area contributed by atoms with Crippen LogP contribution in [0.4, 0.5) is 4.39 Å². The van der Waals surface area contributed by atoms with Gasteiger partial charge < -0.3 is 14.4 Å². The maximum atomic E-state index is 13.4. The predicted octanol–water partition coefficient (Wildman–Crippen LogP) is 5.04. The Morgan fingerprint density at radius 1 is 1.29 bits per heavy atom. The van der Waals surface area contributed by atoms with Crippen LogP contribution in [0.5, 0.6) is 11.5 Å². The minimum absolute atomic E-state index is 0.00399. The van der Waals surface area contributed by atoms with E-state index >= 15 is 0 Å². The molecule has 1 unspecified atom stereocenters. The number of phenols is 1. The number of hydrogen-bond acceptors (Lipinski definition) is 6. The Morgan fingerprint density at radius 3 is 2.77 bits per heavy atom. The van der Waals surface area contributed by atoms with E-state index in [0.717, 1.165) is 37.0 Å². The van der Waals surface area contributed by atoms with Crippen LogP contribution in [0, 0.1) is 5.82 Å². The second kappa shape index (κ2) is 8.89. The standard InChI is InChI=1S/C24H25FN2O4/c1-3-4-23(30-22-13-17(15(2)28)5-8-20(22)29)27-11-9-16(10-12-27)24-19-7-6-18(25)14-21(19)31-26-24/h3-8,13-14,16,23,29H,9-12H2,1-2H3/b4-3+. The number of benzene rings is 2. The highest BCUT2D eigenvalue weighted by Crippen LogP contribution is 2.34. The summed E-state index contributed by atoms with van der Waals surface area (Å²) in [5, 5.41) is 15.3.